The van der Waals surface area contributed by atoms with Gasteiger partial charge in [0.15, 0.2) is 0 Å². The molecule has 0 radical (unpaired) electrons. The Labute approximate surface area is 136 Å². The highest BCUT2D eigenvalue weighted by Gasteiger charge is 2.38. The van der Waals surface area contributed by atoms with Crippen molar-refractivity contribution < 1.29 is 4.79 Å². The first kappa shape index (κ1) is 17.5. The summed E-state index contributed by atoms with van der Waals surface area (Å²) in [6.45, 7) is 9.43. The van der Waals surface area contributed by atoms with Crippen molar-refractivity contribution in [2.45, 2.75) is 57.5 Å². The number of hydrogen-bond donors (Lipinski definition) is 1. The van der Waals surface area contributed by atoms with Crippen LogP contribution in [0.4, 0.5) is 4.79 Å². The quantitative estimate of drug-likeness (QED) is 0.863. The third kappa shape index (κ3) is 4.59. The Kier molecular flexibility index (Phi) is 6.09. The summed E-state index contributed by atoms with van der Waals surface area (Å²) in [7, 11) is 4.20. The lowest BCUT2D eigenvalue weighted by Crippen LogP contribution is -2.62. The minimum Gasteiger partial charge on any atom is -0.331 e. The minimum atomic E-state index is -0.0661. The zero-order chi connectivity index (χ0) is 16.2. The lowest BCUT2D eigenvalue weighted by molar-refractivity contribution is 0.0885. The van der Waals surface area contributed by atoms with Crippen LogP contribution in [-0.2, 0) is 0 Å². The Morgan fingerprint density at radius 1 is 1.09 bits per heavy atom. The predicted octanol–water partition coefficient (Wildman–Crippen LogP) is 1.99. The maximum Gasteiger partial charge on any atom is 0.317 e. The number of carbonyl (C=O) groups excluding carboxylic acids is 1. The molecule has 0 spiro atoms. The number of amides is 2. The Bertz CT molecular complexity index is 356. The summed E-state index contributed by atoms with van der Waals surface area (Å²) in [5, 5.41) is 3.41. The Balaban J connectivity index is 1.98. The van der Waals surface area contributed by atoms with Gasteiger partial charge in [-0.25, -0.2) is 4.79 Å². The fourth-order valence-corrected chi connectivity index (χ4v) is 3.80. The molecule has 5 heteroatoms. The second-order valence-electron chi connectivity index (χ2n) is 7.63. The molecule has 2 amide bonds. The molecule has 0 bridgehead atoms. The molecule has 2 rings (SSSR count). The smallest absolute Gasteiger partial charge is 0.317 e. The van der Waals surface area contributed by atoms with E-state index in [0.717, 1.165) is 58.4 Å². The van der Waals surface area contributed by atoms with Crippen LogP contribution in [0.25, 0.3) is 0 Å². The van der Waals surface area contributed by atoms with Crippen LogP contribution >= 0.6 is 0 Å². The molecule has 2 aliphatic rings. The molecule has 0 aromatic heterocycles. The Morgan fingerprint density at radius 2 is 1.68 bits per heavy atom. The first-order valence-corrected chi connectivity index (χ1v) is 8.88. The molecular weight excluding hydrogens is 276 g/mol. The molecule has 2 saturated heterocycles. The van der Waals surface area contributed by atoms with E-state index in [1.807, 2.05) is 4.90 Å². The van der Waals surface area contributed by atoms with Crippen molar-refractivity contribution in [3.05, 3.63) is 0 Å². The summed E-state index contributed by atoms with van der Waals surface area (Å²) < 4.78 is 0. The zero-order valence-corrected chi connectivity index (χ0v) is 14.9. The summed E-state index contributed by atoms with van der Waals surface area (Å²) in [6.07, 6.45) is 5.65. The average molecular weight is 310 g/mol. The third-order valence-electron chi connectivity index (χ3n) is 5.12. The maximum atomic E-state index is 12.7. The highest BCUT2D eigenvalue weighted by Crippen LogP contribution is 2.25. The van der Waals surface area contributed by atoms with E-state index in [9.17, 15) is 4.79 Å². The molecule has 2 aliphatic heterocycles. The monoisotopic (exact) mass is 310 g/mol. The molecule has 128 valence electrons. The van der Waals surface area contributed by atoms with Gasteiger partial charge in [0.05, 0.1) is 5.54 Å². The molecule has 2 heterocycles. The molecule has 1 N–H and O–H groups in total. The molecule has 0 aliphatic carbocycles. The molecule has 0 aromatic carbocycles. The van der Waals surface area contributed by atoms with E-state index in [1.165, 1.54) is 6.42 Å². The highest BCUT2D eigenvalue weighted by atomic mass is 16.2. The van der Waals surface area contributed by atoms with Crippen LogP contribution < -0.4 is 5.32 Å². The summed E-state index contributed by atoms with van der Waals surface area (Å²) >= 11 is 0. The first-order valence-electron chi connectivity index (χ1n) is 8.88. The molecule has 0 unspecified atom stereocenters. The van der Waals surface area contributed by atoms with Crippen LogP contribution in [0.15, 0.2) is 0 Å². The van der Waals surface area contributed by atoms with Gasteiger partial charge in [-0.15, -0.1) is 0 Å². The maximum absolute atomic E-state index is 12.7. The van der Waals surface area contributed by atoms with Crippen LogP contribution in [0.3, 0.4) is 0 Å². The van der Waals surface area contributed by atoms with E-state index < -0.39 is 0 Å². The molecule has 5 nitrogen and oxygen atoms in total. The van der Waals surface area contributed by atoms with Gasteiger partial charge < -0.3 is 20.0 Å². The molecule has 2 fully saturated rings. The van der Waals surface area contributed by atoms with Crippen LogP contribution in [0.5, 0.6) is 0 Å². The Morgan fingerprint density at radius 3 is 2.18 bits per heavy atom. The number of piperidine rings is 2. The summed E-state index contributed by atoms with van der Waals surface area (Å²) in [5.41, 5.74) is -0.0661. The van der Waals surface area contributed by atoms with Crippen molar-refractivity contribution in [1.82, 2.24) is 20.0 Å². The van der Waals surface area contributed by atoms with Gasteiger partial charge in [-0.05, 0) is 60.0 Å². The van der Waals surface area contributed by atoms with Gasteiger partial charge in [-0.2, -0.15) is 0 Å². The van der Waals surface area contributed by atoms with Crippen molar-refractivity contribution in [3.63, 3.8) is 0 Å². The van der Waals surface area contributed by atoms with Crippen LogP contribution in [0.2, 0.25) is 0 Å². The summed E-state index contributed by atoms with van der Waals surface area (Å²) in [4.78, 5) is 19.4. The molecule has 0 aromatic rings. The first-order chi connectivity index (χ1) is 10.4. The van der Waals surface area contributed by atoms with Crippen molar-refractivity contribution in [3.8, 4) is 0 Å². The predicted molar refractivity (Wildman–Crippen MR) is 91.2 cm³/mol. The topological polar surface area (TPSA) is 38.8 Å². The second kappa shape index (κ2) is 7.64. The molecule has 0 saturated carbocycles. The van der Waals surface area contributed by atoms with E-state index in [1.54, 1.807) is 0 Å². The number of carbonyl (C=O) groups is 1. The number of urea groups is 1. The molecule has 22 heavy (non-hydrogen) atoms. The van der Waals surface area contributed by atoms with Crippen molar-refractivity contribution >= 4 is 6.03 Å². The van der Waals surface area contributed by atoms with Gasteiger partial charge in [0, 0.05) is 38.8 Å². The van der Waals surface area contributed by atoms with E-state index in [-0.39, 0.29) is 11.6 Å². The average Bonchev–Trinajstić information content (AvgIpc) is 2.47. The number of nitrogens with one attached hydrogen (secondary N) is 1. The second-order valence-corrected chi connectivity index (χ2v) is 7.63. The van der Waals surface area contributed by atoms with Gasteiger partial charge in [0.25, 0.3) is 0 Å². The van der Waals surface area contributed by atoms with Crippen molar-refractivity contribution in [2.24, 2.45) is 0 Å². The van der Waals surface area contributed by atoms with Crippen molar-refractivity contribution in [2.75, 3.05) is 46.8 Å². The highest BCUT2D eigenvalue weighted by molar-refractivity contribution is 5.75. The lowest BCUT2D eigenvalue weighted by atomic mass is 9.86. The van der Waals surface area contributed by atoms with Crippen molar-refractivity contribution in [1.29, 1.82) is 0 Å². The number of hydrogen-bond acceptors (Lipinski definition) is 3. The SMILES string of the molecule is CC(C)N1CCC(CN(C)C)(NC(=O)N2CCCCC2)CC1. The van der Waals surface area contributed by atoms with E-state index >= 15 is 0 Å². The van der Waals surface area contributed by atoms with Gasteiger partial charge in [0.2, 0.25) is 0 Å². The van der Waals surface area contributed by atoms with E-state index in [0.29, 0.717) is 6.04 Å². The normalized spacial score (nSPS) is 23.1. The third-order valence-corrected chi connectivity index (χ3v) is 5.12. The zero-order valence-electron chi connectivity index (χ0n) is 14.9. The van der Waals surface area contributed by atoms with Gasteiger partial charge in [0.1, 0.15) is 0 Å². The largest absolute Gasteiger partial charge is 0.331 e. The van der Waals surface area contributed by atoms with Crippen LogP contribution in [0.1, 0.15) is 46.0 Å². The van der Waals surface area contributed by atoms with Gasteiger partial charge >= 0.3 is 6.03 Å². The minimum absolute atomic E-state index is 0.0661. The Hall–Kier alpha value is -0.810. The summed E-state index contributed by atoms with van der Waals surface area (Å²) in [6, 6.07) is 0.745. The summed E-state index contributed by atoms with van der Waals surface area (Å²) in [5.74, 6) is 0. The van der Waals surface area contributed by atoms with Gasteiger partial charge in [-0.1, -0.05) is 0 Å². The fraction of sp³-hybridized carbons (Fsp3) is 0.941. The standard InChI is InChI=1S/C17H34N4O/c1-15(2)20-12-8-17(9-13-20,14-19(3)4)18-16(22)21-10-6-5-7-11-21/h15H,5-14H2,1-4H3,(H,18,22). The van der Waals surface area contributed by atoms with Crippen LogP contribution in [-0.4, -0.2) is 79.1 Å². The fourth-order valence-electron chi connectivity index (χ4n) is 3.80. The molecule has 0 atom stereocenters. The van der Waals surface area contributed by atoms with E-state index in [4.69, 9.17) is 0 Å². The number of rotatable bonds is 4. The lowest BCUT2D eigenvalue weighted by Gasteiger charge is -2.45. The molecular formula is C17H34N4O. The van der Waals surface area contributed by atoms with Crippen LogP contribution in [0, 0.1) is 0 Å². The number of likely N-dealkylation sites (tertiary alicyclic amines) is 2. The number of nitrogens with zero attached hydrogens (tertiary/aromatic N) is 3. The van der Waals surface area contributed by atoms with E-state index in [2.05, 4.69) is 43.1 Å². The van der Waals surface area contributed by atoms with Gasteiger partial charge in [-0.3, -0.25) is 0 Å². The number of likely N-dealkylation sites (N-methyl/N-ethyl adjacent to an activating group) is 1.